The van der Waals surface area contributed by atoms with Crippen molar-refractivity contribution in [1.82, 2.24) is 19.6 Å². The Balaban J connectivity index is 1.43. The molecule has 4 rings (SSSR count). The number of carbonyl (C=O) groups is 2. The molecule has 142 valence electrons. The van der Waals surface area contributed by atoms with Gasteiger partial charge in [-0.15, -0.1) is 0 Å². The Hall–Kier alpha value is -1.99. The summed E-state index contributed by atoms with van der Waals surface area (Å²) in [5, 5.41) is 4.32. The van der Waals surface area contributed by atoms with Crippen LogP contribution < -0.4 is 0 Å². The summed E-state index contributed by atoms with van der Waals surface area (Å²) in [6.45, 7) is 3.22. The zero-order valence-electron chi connectivity index (χ0n) is 14.9. The molecular weight excluding hydrogens is 342 g/mol. The fourth-order valence-corrected chi connectivity index (χ4v) is 4.02. The van der Waals surface area contributed by atoms with Crippen LogP contribution in [0.4, 0.5) is 8.78 Å². The first kappa shape index (κ1) is 17.4. The molecule has 6 nitrogen and oxygen atoms in total. The van der Waals surface area contributed by atoms with Crippen molar-refractivity contribution in [3.63, 3.8) is 0 Å². The molecule has 0 bridgehead atoms. The number of piperidine rings is 1. The van der Waals surface area contributed by atoms with E-state index in [2.05, 4.69) is 12.0 Å². The average Bonchev–Trinajstić information content (AvgIpc) is 3.13. The van der Waals surface area contributed by atoms with Crippen molar-refractivity contribution in [2.75, 3.05) is 19.6 Å². The van der Waals surface area contributed by atoms with E-state index in [9.17, 15) is 18.4 Å². The first-order valence-electron chi connectivity index (χ1n) is 9.31. The molecule has 1 aliphatic carbocycles. The van der Waals surface area contributed by atoms with Crippen molar-refractivity contribution < 1.29 is 18.4 Å². The molecule has 0 N–H and O–H groups in total. The quantitative estimate of drug-likeness (QED) is 0.823. The average molecular weight is 366 g/mol. The maximum atomic E-state index is 13.3. The third-order valence-electron chi connectivity index (χ3n) is 5.88. The molecule has 8 heteroatoms. The summed E-state index contributed by atoms with van der Waals surface area (Å²) in [4.78, 5) is 28.6. The van der Waals surface area contributed by atoms with Gasteiger partial charge >= 0.3 is 0 Å². The number of rotatable bonds is 3. The van der Waals surface area contributed by atoms with Gasteiger partial charge in [0, 0.05) is 44.6 Å². The Kier molecular flexibility index (Phi) is 4.23. The number of alkyl halides is 2. The SMILES string of the molecule is C[C@@H]1C[C@@H]1C(=O)N1Cc2ccnn2[C@H](CC(=O)N2CCC(F)(F)CC2)C1. The van der Waals surface area contributed by atoms with Crippen LogP contribution in [-0.2, 0) is 16.1 Å². The molecule has 26 heavy (non-hydrogen) atoms. The fraction of sp³-hybridized carbons (Fsp3) is 0.722. The van der Waals surface area contributed by atoms with Crippen molar-refractivity contribution in [2.24, 2.45) is 11.8 Å². The monoisotopic (exact) mass is 366 g/mol. The lowest BCUT2D eigenvalue weighted by molar-refractivity contribution is -0.141. The van der Waals surface area contributed by atoms with Crippen molar-refractivity contribution in [1.29, 1.82) is 0 Å². The molecule has 2 amide bonds. The second kappa shape index (κ2) is 6.32. The topological polar surface area (TPSA) is 58.4 Å². The molecule has 1 saturated heterocycles. The highest BCUT2D eigenvalue weighted by atomic mass is 19.3. The minimum atomic E-state index is -2.67. The lowest BCUT2D eigenvalue weighted by atomic mass is 10.0. The maximum absolute atomic E-state index is 13.3. The molecule has 3 aliphatic rings. The minimum Gasteiger partial charge on any atom is -0.342 e. The summed E-state index contributed by atoms with van der Waals surface area (Å²) in [7, 11) is 0. The standard InChI is InChI=1S/C18H24F2N4O2/c1-12-8-15(12)17(26)23-10-13-2-5-21-24(13)14(11-23)9-16(25)22-6-3-18(19,20)4-7-22/h2,5,12,14-15H,3-4,6-11H2,1H3/t12-,14-,15+/m1/s1. The summed E-state index contributed by atoms with van der Waals surface area (Å²) in [5.74, 6) is -2.11. The van der Waals surface area contributed by atoms with Crippen molar-refractivity contribution in [2.45, 2.75) is 51.1 Å². The van der Waals surface area contributed by atoms with Gasteiger partial charge in [-0.05, 0) is 18.4 Å². The maximum Gasteiger partial charge on any atom is 0.251 e. The van der Waals surface area contributed by atoms with E-state index in [-0.39, 0.29) is 56.1 Å². The lowest BCUT2D eigenvalue weighted by Crippen LogP contribution is -2.46. The first-order valence-corrected chi connectivity index (χ1v) is 9.31. The minimum absolute atomic E-state index is 0.0900. The molecule has 0 unspecified atom stereocenters. The van der Waals surface area contributed by atoms with Gasteiger partial charge < -0.3 is 9.80 Å². The van der Waals surface area contributed by atoms with Crippen LogP contribution in [0.1, 0.15) is 44.3 Å². The number of nitrogens with zero attached hydrogens (tertiary/aromatic N) is 4. The van der Waals surface area contributed by atoms with Gasteiger partial charge in [-0.2, -0.15) is 5.10 Å². The number of fused-ring (bicyclic) bond motifs is 1. The number of carbonyl (C=O) groups excluding carboxylic acids is 2. The molecule has 3 atom stereocenters. The van der Waals surface area contributed by atoms with E-state index in [0.29, 0.717) is 19.0 Å². The van der Waals surface area contributed by atoms with E-state index in [1.54, 1.807) is 6.20 Å². The molecule has 1 aromatic heterocycles. The van der Waals surface area contributed by atoms with Crippen LogP contribution in [-0.4, -0.2) is 57.0 Å². The van der Waals surface area contributed by atoms with Crippen molar-refractivity contribution in [3.05, 3.63) is 18.0 Å². The van der Waals surface area contributed by atoms with Crippen LogP contribution in [0.3, 0.4) is 0 Å². The van der Waals surface area contributed by atoms with E-state index < -0.39 is 5.92 Å². The summed E-state index contributed by atoms with van der Waals surface area (Å²) in [6, 6.07) is 1.64. The zero-order chi connectivity index (χ0) is 18.5. The number of aromatic nitrogens is 2. The first-order chi connectivity index (χ1) is 12.3. The fourth-order valence-electron chi connectivity index (χ4n) is 4.02. The van der Waals surface area contributed by atoms with Gasteiger partial charge in [-0.3, -0.25) is 14.3 Å². The van der Waals surface area contributed by atoms with E-state index in [1.165, 1.54) is 4.90 Å². The number of hydrogen-bond acceptors (Lipinski definition) is 3. The normalized spacial score (nSPS) is 30.0. The van der Waals surface area contributed by atoms with Crippen LogP contribution in [0.25, 0.3) is 0 Å². The van der Waals surface area contributed by atoms with Crippen LogP contribution in [0, 0.1) is 11.8 Å². The van der Waals surface area contributed by atoms with E-state index in [4.69, 9.17) is 0 Å². The van der Waals surface area contributed by atoms with Crippen LogP contribution in [0.15, 0.2) is 12.3 Å². The smallest absolute Gasteiger partial charge is 0.251 e. The zero-order valence-corrected chi connectivity index (χ0v) is 14.9. The summed E-state index contributed by atoms with van der Waals surface area (Å²) in [5.41, 5.74) is 0.917. The van der Waals surface area contributed by atoms with Gasteiger partial charge in [0.25, 0.3) is 5.92 Å². The molecule has 1 saturated carbocycles. The lowest BCUT2D eigenvalue weighted by Gasteiger charge is -2.36. The number of hydrogen-bond donors (Lipinski definition) is 0. The number of halogens is 2. The van der Waals surface area contributed by atoms with Crippen LogP contribution in [0.5, 0.6) is 0 Å². The molecule has 3 heterocycles. The van der Waals surface area contributed by atoms with Gasteiger partial charge in [-0.1, -0.05) is 6.92 Å². The second-order valence-electron chi connectivity index (χ2n) is 7.90. The van der Waals surface area contributed by atoms with Gasteiger partial charge in [0.15, 0.2) is 0 Å². The summed E-state index contributed by atoms with van der Waals surface area (Å²) in [6.07, 6.45) is 2.24. The molecule has 1 aromatic rings. The predicted molar refractivity (Wildman–Crippen MR) is 89.3 cm³/mol. The molecule has 2 fully saturated rings. The molecular formula is C18H24F2N4O2. The third kappa shape index (κ3) is 3.33. The van der Waals surface area contributed by atoms with Crippen molar-refractivity contribution in [3.8, 4) is 0 Å². The van der Waals surface area contributed by atoms with Crippen molar-refractivity contribution >= 4 is 11.8 Å². The van der Waals surface area contributed by atoms with Crippen LogP contribution in [0.2, 0.25) is 0 Å². The summed E-state index contributed by atoms with van der Waals surface area (Å²) >= 11 is 0. The third-order valence-corrected chi connectivity index (χ3v) is 5.88. The highest BCUT2D eigenvalue weighted by molar-refractivity contribution is 5.82. The Morgan fingerprint density at radius 1 is 1.27 bits per heavy atom. The van der Waals surface area contributed by atoms with Gasteiger partial charge in [0.05, 0.1) is 24.7 Å². The van der Waals surface area contributed by atoms with Gasteiger partial charge in [-0.25, -0.2) is 8.78 Å². The van der Waals surface area contributed by atoms with E-state index in [1.807, 2.05) is 15.6 Å². The van der Waals surface area contributed by atoms with Crippen LogP contribution >= 0.6 is 0 Å². The largest absolute Gasteiger partial charge is 0.342 e. The Bertz CT molecular complexity index is 710. The molecule has 2 aliphatic heterocycles. The highest BCUT2D eigenvalue weighted by Gasteiger charge is 2.43. The highest BCUT2D eigenvalue weighted by Crippen LogP contribution is 2.40. The van der Waals surface area contributed by atoms with E-state index in [0.717, 1.165) is 12.1 Å². The van der Waals surface area contributed by atoms with Gasteiger partial charge in [0.2, 0.25) is 11.8 Å². The molecule has 0 spiro atoms. The predicted octanol–water partition coefficient (Wildman–Crippen LogP) is 2.07. The molecule has 0 aromatic carbocycles. The Labute approximate surface area is 151 Å². The summed E-state index contributed by atoms with van der Waals surface area (Å²) < 4.78 is 28.4. The second-order valence-corrected chi connectivity index (χ2v) is 7.90. The van der Waals surface area contributed by atoms with E-state index >= 15 is 0 Å². The number of amides is 2. The Morgan fingerprint density at radius 2 is 1.96 bits per heavy atom. The number of likely N-dealkylation sites (tertiary alicyclic amines) is 1. The Morgan fingerprint density at radius 3 is 2.62 bits per heavy atom. The van der Waals surface area contributed by atoms with Gasteiger partial charge in [0.1, 0.15) is 0 Å². The molecule has 0 radical (unpaired) electrons.